The second-order valence-electron chi connectivity index (χ2n) is 12.0. The number of hydrogen-bond acceptors (Lipinski definition) is 7. The van der Waals surface area contributed by atoms with Crippen molar-refractivity contribution in [1.29, 1.82) is 0 Å². The summed E-state index contributed by atoms with van der Waals surface area (Å²) in [6, 6.07) is 8.59. The normalized spacial score (nSPS) is 18.0. The summed E-state index contributed by atoms with van der Waals surface area (Å²) in [5.41, 5.74) is 3.29. The maximum atomic E-state index is 13.1. The van der Waals surface area contributed by atoms with Gasteiger partial charge in [0.15, 0.2) is 0 Å². The van der Waals surface area contributed by atoms with Gasteiger partial charge in [0.25, 0.3) is 0 Å². The van der Waals surface area contributed by atoms with E-state index in [1.54, 1.807) is 6.33 Å². The van der Waals surface area contributed by atoms with E-state index in [0.29, 0.717) is 45.0 Å². The molecule has 2 aliphatic heterocycles. The van der Waals surface area contributed by atoms with Crippen LogP contribution in [-0.4, -0.2) is 84.5 Å². The first kappa shape index (κ1) is 30.8. The average molecular weight is 565 g/mol. The molecule has 41 heavy (non-hydrogen) atoms. The predicted octanol–water partition coefficient (Wildman–Crippen LogP) is 3.85. The lowest BCUT2D eigenvalue weighted by Gasteiger charge is -2.32. The third-order valence-electron chi connectivity index (χ3n) is 8.24. The minimum absolute atomic E-state index is 0.0706. The monoisotopic (exact) mass is 564 g/mol. The zero-order chi connectivity index (χ0) is 29.2. The molecule has 3 heterocycles. The molecule has 0 saturated carbocycles. The summed E-state index contributed by atoms with van der Waals surface area (Å²) in [6.45, 7) is 8.23. The van der Waals surface area contributed by atoms with Gasteiger partial charge < -0.3 is 19.9 Å². The Morgan fingerprint density at radius 3 is 2.66 bits per heavy atom. The predicted molar refractivity (Wildman–Crippen MR) is 162 cm³/mol. The lowest BCUT2D eigenvalue weighted by atomic mass is 9.91. The Balaban J connectivity index is 1.32. The second kappa shape index (κ2) is 15.1. The van der Waals surface area contributed by atoms with Crippen LogP contribution in [0.15, 0.2) is 30.6 Å². The highest BCUT2D eigenvalue weighted by molar-refractivity contribution is 5.78. The number of ether oxygens (including phenoxy) is 1. The second-order valence-corrected chi connectivity index (χ2v) is 12.0. The van der Waals surface area contributed by atoms with Crippen LogP contribution < -0.4 is 15.0 Å². The van der Waals surface area contributed by atoms with Crippen molar-refractivity contribution in [1.82, 2.24) is 25.1 Å². The number of anilines is 1. The number of nitrogens with one attached hydrogen (secondary N) is 1. The van der Waals surface area contributed by atoms with Gasteiger partial charge >= 0.3 is 0 Å². The van der Waals surface area contributed by atoms with Crippen LogP contribution in [0.3, 0.4) is 0 Å². The number of carbonyl (C=O) groups is 2. The standard InChI is InChI=1S/C32H48N6O3/c1-24(2)38-21-27-18-25(8-10-29(27)41-17-7-5-6-14-33-31(39)22-38)9-11-32(40)37-15-12-26(13-16-37)19-28-20-30(36(3)4)35-23-34-28/h8,10,18,20,23-24,26H,5-7,9,11-17,19,21-22H2,1-4H3,(H,33,39). The number of fused-ring (bicyclic) bond motifs is 1. The van der Waals surface area contributed by atoms with E-state index in [4.69, 9.17) is 4.74 Å². The van der Waals surface area contributed by atoms with Crippen LogP contribution >= 0.6 is 0 Å². The average Bonchev–Trinajstić information content (AvgIpc) is 2.97. The van der Waals surface area contributed by atoms with Crippen LogP contribution in [0.25, 0.3) is 0 Å². The zero-order valence-corrected chi connectivity index (χ0v) is 25.4. The number of rotatable bonds is 7. The molecule has 2 aliphatic rings. The Kier molecular flexibility index (Phi) is 11.4. The molecule has 0 bridgehead atoms. The molecule has 224 valence electrons. The fourth-order valence-corrected chi connectivity index (χ4v) is 5.58. The van der Waals surface area contributed by atoms with Crippen LogP contribution in [0.1, 0.15) is 69.2 Å². The van der Waals surface area contributed by atoms with Gasteiger partial charge in [-0.2, -0.15) is 0 Å². The molecule has 1 saturated heterocycles. The first-order valence-electron chi connectivity index (χ1n) is 15.3. The summed E-state index contributed by atoms with van der Waals surface area (Å²) >= 11 is 0. The molecule has 0 atom stereocenters. The molecule has 9 heteroatoms. The van der Waals surface area contributed by atoms with E-state index in [9.17, 15) is 9.59 Å². The van der Waals surface area contributed by atoms with E-state index >= 15 is 0 Å². The van der Waals surface area contributed by atoms with E-state index in [-0.39, 0.29) is 17.9 Å². The van der Waals surface area contributed by atoms with Crippen molar-refractivity contribution in [3.63, 3.8) is 0 Å². The van der Waals surface area contributed by atoms with Gasteiger partial charge in [0, 0.05) is 70.1 Å². The van der Waals surface area contributed by atoms with E-state index in [2.05, 4.69) is 52.2 Å². The molecule has 2 amide bonds. The summed E-state index contributed by atoms with van der Waals surface area (Å²) in [5, 5.41) is 3.05. The summed E-state index contributed by atoms with van der Waals surface area (Å²) in [4.78, 5) is 40.6. The van der Waals surface area contributed by atoms with Crippen molar-refractivity contribution >= 4 is 17.6 Å². The molecule has 0 spiro atoms. The first-order valence-corrected chi connectivity index (χ1v) is 15.3. The molecule has 1 aromatic heterocycles. The number of benzene rings is 1. The van der Waals surface area contributed by atoms with Gasteiger partial charge in [-0.3, -0.25) is 14.5 Å². The lowest BCUT2D eigenvalue weighted by Crippen LogP contribution is -2.40. The fourth-order valence-electron chi connectivity index (χ4n) is 5.58. The van der Waals surface area contributed by atoms with Crippen molar-refractivity contribution in [3.8, 4) is 5.75 Å². The smallest absolute Gasteiger partial charge is 0.234 e. The summed E-state index contributed by atoms with van der Waals surface area (Å²) in [6.07, 6.45) is 8.73. The molecular weight excluding hydrogens is 516 g/mol. The number of amides is 2. The number of likely N-dealkylation sites (tertiary alicyclic amines) is 1. The summed E-state index contributed by atoms with van der Waals surface area (Å²) < 4.78 is 6.19. The van der Waals surface area contributed by atoms with Gasteiger partial charge in [0.2, 0.25) is 11.8 Å². The van der Waals surface area contributed by atoms with Crippen LogP contribution in [0.2, 0.25) is 0 Å². The molecule has 9 nitrogen and oxygen atoms in total. The van der Waals surface area contributed by atoms with E-state index in [0.717, 1.165) is 80.0 Å². The summed E-state index contributed by atoms with van der Waals surface area (Å²) in [5.74, 6) is 2.64. The SMILES string of the molecule is CC(C)N1CC(=O)NCCCCCOc2ccc(CCC(=O)N3CCC(Cc4cc(N(C)C)ncn4)CC3)cc2C1. The van der Waals surface area contributed by atoms with Gasteiger partial charge in [0.1, 0.15) is 17.9 Å². The number of carbonyl (C=O) groups excluding carboxylic acids is 2. The molecule has 4 rings (SSSR count). The molecule has 0 unspecified atom stereocenters. The van der Waals surface area contributed by atoms with Gasteiger partial charge in [-0.05, 0) is 76.3 Å². The topological polar surface area (TPSA) is 90.9 Å². The Labute approximate surface area is 245 Å². The van der Waals surface area contributed by atoms with E-state index < -0.39 is 0 Å². The van der Waals surface area contributed by atoms with Crippen LogP contribution in [0.5, 0.6) is 5.75 Å². The fraction of sp³-hybridized carbons (Fsp3) is 0.625. The Bertz CT molecular complexity index is 1150. The Morgan fingerprint density at radius 1 is 1.10 bits per heavy atom. The van der Waals surface area contributed by atoms with Gasteiger partial charge in [-0.1, -0.05) is 12.1 Å². The van der Waals surface area contributed by atoms with Crippen molar-refractivity contribution in [2.24, 2.45) is 5.92 Å². The van der Waals surface area contributed by atoms with Crippen LogP contribution in [0.4, 0.5) is 5.82 Å². The molecule has 0 radical (unpaired) electrons. The van der Waals surface area contributed by atoms with Crippen molar-refractivity contribution in [2.45, 2.75) is 77.8 Å². The number of hydrogen-bond donors (Lipinski definition) is 1. The molecule has 1 aromatic carbocycles. The maximum Gasteiger partial charge on any atom is 0.234 e. The Hall–Kier alpha value is -3.20. The van der Waals surface area contributed by atoms with E-state index in [1.165, 1.54) is 0 Å². The highest BCUT2D eigenvalue weighted by atomic mass is 16.5. The molecule has 2 aromatic rings. The number of piperidine rings is 1. The quantitative estimate of drug-likeness (QED) is 0.546. The molecule has 0 aliphatic carbocycles. The number of aromatic nitrogens is 2. The van der Waals surface area contributed by atoms with Crippen molar-refractivity contribution < 1.29 is 14.3 Å². The van der Waals surface area contributed by atoms with Crippen LogP contribution in [0, 0.1) is 5.92 Å². The lowest BCUT2D eigenvalue weighted by molar-refractivity contribution is -0.132. The number of nitrogens with zero attached hydrogens (tertiary/aromatic N) is 5. The minimum atomic E-state index is 0.0706. The molecule has 1 fully saturated rings. The number of aryl methyl sites for hydroxylation is 1. The maximum absolute atomic E-state index is 13.1. The van der Waals surface area contributed by atoms with Gasteiger partial charge in [-0.15, -0.1) is 0 Å². The van der Waals surface area contributed by atoms with Gasteiger partial charge in [-0.25, -0.2) is 9.97 Å². The first-order chi connectivity index (χ1) is 19.8. The minimum Gasteiger partial charge on any atom is -0.493 e. The Morgan fingerprint density at radius 2 is 1.90 bits per heavy atom. The summed E-state index contributed by atoms with van der Waals surface area (Å²) in [7, 11) is 3.98. The zero-order valence-electron chi connectivity index (χ0n) is 25.4. The third kappa shape index (κ3) is 9.42. The van der Waals surface area contributed by atoms with E-state index in [1.807, 2.05) is 30.0 Å². The van der Waals surface area contributed by atoms with Crippen molar-refractivity contribution in [3.05, 3.63) is 47.4 Å². The van der Waals surface area contributed by atoms with Gasteiger partial charge in [0.05, 0.1) is 13.2 Å². The largest absolute Gasteiger partial charge is 0.493 e. The third-order valence-corrected chi connectivity index (χ3v) is 8.24. The molecule has 1 N–H and O–H groups in total. The van der Waals surface area contributed by atoms with Crippen LogP contribution in [-0.2, 0) is 29.0 Å². The highest BCUT2D eigenvalue weighted by Crippen LogP contribution is 2.26. The molecular formula is C32H48N6O3. The highest BCUT2D eigenvalue weighted by Gasteiger charge is 2.24. The van der Waals surface area contributed by atoms with Crippen molar-refractivity contribution in [2.75, 3.05) is 51.8 Å².